The third kappa shape index (κ3) is 2.10. The second-order valence-corrected chi connectivity index (χ2v) is 4.43. The molecule has 0 aliphatic heterocycles. The first kappa shape index (κ1) is 12.2. The lowest BCUT2D eigenvalue weighted by Gasteiger charge is -2.02. The molecule has 6 heteroatoms. The Morgan fingerprint density at radius 1 is 1.35 bits per heavy atom. The van der Waals surface area contributed by atoms with Crippen LogP contribution in [0, 0.1) is 6.92 Å². The van der Waals surface area contributed by atoms with Gasteiger partial charge in [-0.3, -0.25) is 4.57 Å². The summed E-state index contributed by atoms with van der Waals surface area (Å²) in [5, 5.41) is 5.11. The van der Waals surface area contributed by atoms with E-state index >= 15 is 0 Å². The predicted octanol–water partition coefficient (Wildman–Crippen LogP) is 2.67. The maximum atomic E-state index is 12.0. The molecule has 0 unspecified atom stereocenters. The number of aryl methyl sites for hydroxylation is 1. The third-order valence-electron chi connectivity index (χ3n) is 2.50. The normalized spacial score (nSPS) is 10.8. The van der Waals surface area contributed by atoms with Crippen molar-refractivity contribution < 1.29 is 0 Å². The molecule has 0 spiro atoms. The number of nitrogens with zero attached hydrogens (tertiary/aromatic N) is 3. The Balaban J connectivity index is 2.65. The first-order chi connectivity index (χ1) is 8.04. The van der Waals surface area contributed by atoms with Gasteiger partial charge in [0.05, 0.1) is 10.7 Å². The topological polar surface area (TPSA) is 39.8 Å². The van der Waals surface area contributed by atoms with E-state index < -0.39 is 0 Å². The zero-order valence-electron chi connectivity index (χ0n) is 9.44. The Kier molecular flexibility index (Phi) is 3.26. The van der Waals surface area contributed by atoms with Crippen LogP contribution in [0.15, 0.2) is 23.0 Å². The highest BCUT2D eigenvalue weighted by atomic mass is 35.5. The smallest absolute Gasteiger partial charge is 0.279 e. The van der Waals surface area contributed by atoms with Crippen molar-refractivity contribution in [2.24, 2.45) is 0 Å². The maximum Gasteiger partial charge on any atom is 0.350 e. The Bertz CT molecular complexity index is 616. The van der Waals surface area contributed by atoms with Gasteiger partial charge in [0.15, 0.2) is 0 Å². The molecule has 0 N–H and O–H groups in total. The summed E-state index contributed by atoms with van der Waals surface area (Å²) in [5.41, 5.74) is 0.339. The standard InChI is InChI=1S/C11H11Cl2N3O/c1-3-15-7(2)14-16(11(15)17)10-5-4-8(12)6-9(10)13/h4-6H,3H2,1-2H3. The SMILES string of the molecule is CCn1c(C)nn(-c2ccc(Cl)cc2Cl)c1=O. The van der Waals surface area contributed by atoms with Crippen molar-refractivity contribution in [3.8, 4) is 5.69 Å². The molecule has 0 fully saturated rings. The van der Waals surface area contributed by atoms with E-state index in [0.29, 0.717) is 28.1 Å². The first-order valence-electron chi connectivity index (χ1n) is 5.16. The maximum absolute atomic E-state index is 12.0. The van der Waals surface area contributed by atoms with Gasteiger partial charge >= 0.3 is 5.69 Å². The van der Waals surface area contributed by atoms with Crippen LogP contribution < -0.4 is 5.69 Å². The number of rotatable bonds is 2. The van der Waals surface area contributed by atoms with Crippen LogP contribution in [-0.4, -0.2) is 14.3 Å². The van der Waals surface area contributed by atoms with Crippen molar-refractivity contribution in [3.05, 3.63) is 44.6 Å². The molecule has 0 radical (unpaired) electrons. The fraction of sp³-hybridized carbons (Fsp3) is 0.273. The molecule has 90 valence electrons. The quantitative estimate of drug-likeness (QED) is 0.843. The molecule has 4 nitrogen and oxygen atoms in total. The monoisotopic (exact) mass is 271 g/mol. The lowest BCUT2D eigenvalue weighted by Crippen LogP contribution is -2.23. The molecule has 0 aliphatic carbocycles. The highest BCUT2D eigenvalue weighted by molar-refractivity contribution is 6.35. The van der Waals surface area contributed by atoms with Crippen molar-refractivity contribution in [2.75, 3.05) is 0 Å². The van der Waals surface area contributed by atoms with Gasteiger partial charge in [0, 0.05) is 11.6 Å². The summed E-state index contributed by atoms with van der Waals surface area (Å²) < 4.78 is 2.86. The first-order valence-corrected chi connectivity index (χ1v) is 5.92. The number of benzene rings is 1. The van der Waals surface area contributed by atoms with Gasteiger partial charge in [-0.05, 0) is 32.0 Å². The minimum Gasteiger partial charge on any atom is -0.279 e. The van der Waals surface area contributed by atoms with Crippen LogP contribution in [0.5, 0.6) is 0 Å². The molecule has 2 aromatic rings. The third-order valence-corrected chi connectivity index (χ3v) is 3.04. The predicted molar refractivity (Wildman–Crippen MR) is 68.3 cm³/mol. The number of halogens is 2. The van der Waals surface area contributed by atoms with Crippen LogP contribution in [0.2, 0.25) is 10.0 Å². The van der Waals surface area contributed by atoms with Gasteiger partial charge < -0.3 is 0 Å². The molecule has 0 saturated heterocycles. The summed E-state index contributed by atoms with van der Waals surface area (Å²) in [6, 6.07) is 4.94. The lowest BCUT2D eigenvalue weighted by atomic mass is 10.3. The Hall–Kier alpha value is -1.26. The molecular weight excluding hydrogens is 261 g/mol. The fourth-order valence-electron chi connectivity index (χ4n) is 1.67. The second kappa shape index (κ2) is 4.55. The molecule has 17 heavy (non-hydrogen) atoms. The molecule has 0 amide bonds. The van der Waals surface area contributed by atoms with Gasteiger partial charge in [-0.2, -0.15) is 9.78 Å². The Morgan fingerprint density at radius 3 is 2.59 bits per heavy atom. The highest BCUT2D eigenvalue weighted by Crippen LogP contribution is 2.22. The number of hydrogen-bond acceptors (Lipinski definition) is 2. The van der Waals surface area contributed by atoms with E-state index in [0.717, 1.165) is 0 Å². The highest BCUT2D eigenvalue weighted by Gasteiger charge is 2.12. The van der Waals surface area contributed by atoms with Crippen LogP contribution in [0.4, 0.5) is 0 Å². The van der Waals surface area contributed by atoms with Crippen molar-refractivity contribution >= 4 is 23.2 Å². The zero-order chi connectivity index (χ0) is 12.6. The molecule has 1 heterocycles. The van der Waals surface area contributed by atoms with Gasteiger partial charge in [-0.15, -0.1) is 0 Å². The Labute approximate surface area is 108 Å². The fourth-order valence-corrected chi connectivity index (χ4v) is 2.16. The van der Waals surface area contributed by atoms with E-state index in [1.165, 1.54) is 4.68 Å². The molecule has 2 rings (SSSR count). The van der Waals surface area contributed by atoms with Gasteiger partial charge in [0.25, 0.3) is 0 Å². The molecule has 0 bridgehead atoms. The summed E-state index contributed by atoms with van der Waals surface area (Å²) in [7, 11) is 0. The zero-order valence-corrected chi connectivity index (χ0v) is 11.0. The minimum absolute atomic E-state index is 0.200. The average molecular weight is 272 g/mol. The molecule has 0 aliphatic rings. The van der Waals surface area contributed by atoms with Crippen LogP contribution in [0.25, 0.3) is 5.69 Å². The molecule has 1 aromatic heterocycles. The molecule has 1 aromatic carbocycles. The van der Waals surface area contributed by atoms with Crippen LogP contribution in [0.3, 0.4) is 0 Å². The average Bonchev–Trinajstić information content (AvgIpc) is 2.54. The molecule has 0 atom stereocenters. The van der Waals surface area contributed by atoms with E-state index in [4.69, 9.17) is 23.2 Å². The van der Waals surface area contributed by atoms with Gasteiger partial charge in [-0.25, -0.2) is 4.79 Å². The summed E-state index contributed by atoms with van der Waals surface area (Å²) in [4.78, 5) is 12.0. The summed E-state index contributed by atoms with van der Waals surface area (Å²) in [5.74, 6) is 0.656. The van der Waals surface area contributed by atoms with Gasteiger partial charge in [0.2, 0.25) is 0 Å². The Morgan fingerprint density at radius 2 is 2.06 bits per heavy atom. The van der Waals surface area contributed by atoms with Gasteiger partial charge in [0.1, 0.15) is 5.82 Å². The lowest BCUT2D eigenvalue weighted by molar-refractivity contribution is 0.695. The largest absolute Gasteiger partial charge is 0.350 e. The van der Waals surface area contributed by atoms with E-state index in [1.807, 2.05) is 6.92 Å². The van der Waals surface area contributed by atoms with Crippen molar-refractivity contribution in [3.63, 3.8) is 0 Å². The minimum atomic E-state index is -0.200. The molecular formula is C11H11Cl2N3O. The summed E-state index contributed by atoms with van der Waals surface area (Å²) >= 11 is 11.9. The van der Waals surface area contributed by atoms with Crippen molar-refractivity contribution in [2.45, 2.75) is 20.4 Å². The van der Waals surface area contributed by atoms with E-state index in [-0.39, 0.29) is 5.69 Å². The molecule has 0 saturated carbocycles. The van der Waals surface area contributed by atoms with Crippen molar-refractivity contribution in [1.82, 2.24) is 14.3 Å². The van der Waals surface area contributed by atoms with Crippen molar-refractivity contribution in [1.29, 1.82) is 0 Å². The van der Waals surface area contributed by atoms with Crippen LogP contribution >= 0.6 is 23.2 Å². The van der Waals surface area contributed by atoms with Crippen LogP contribution in [0.1, 0.15) is 12.7 Å². The summed E-state index contributed by atoms with van der Waals surface area (Å²) in [6.45, 7) is 4.25. The van der Waals surface area contributed by atoms with Crippen LogP contribution in [-0.2, 0) is 6.54 Å². The van der Waals surface area contributed by atoms with E-state index in [2.05, 4.69) is 5.10 Å². The number of hydrogen-bond donors (Lipinski definition) is 0. The van der Waals surface area contributed by atoms with Gasteiger partial charge in [-0.1, -0.05) is 23.2 Å². The number of aromatic nitrogens is 3. The van der Waals surface area contributed by atoms with E-state index in [9.17, 15) is 4.79 Å². The van der Waals surface area contributed by atoms with E-state index in [1.54, 1.807) is 29.7 Å². The summed E-state index contributed by atoms with van der Waals surface area (Å²) in [6.07, 6.45) is 0. The second-order valence-electron chi connectivity index (χ2n) is 3.58.